The van der Waals surface area contributed by atoms with E-state index in [4.69, 9.17) is 0 Å². The molecule has 0 aliphatic carbocycles. The third kappa shape index (κ3) is 2.90. The summed E-state index contributed by atoms with van der Waals surface area (Å²) < 4.78 is 0. The summed E-state index contributed by atoms with van der Waals surface area (Å²) in [5.41, 5.74) is 2.79. The van der Waals surface area contributed by atoms with E-state index in [1.54, 1.807) is 0 Å². The zero-order chi connectivity index (χ0) is 8.15. The van der Waals surface area contributed by atoms with Gasteiger partial charge in [-0.25, -0.2) is 0 Å². The van der Waals surface area contributed by atoms with Gasteiger partial charge in [0, 0.05) is 12.2 Å². The lowest BCUT2D eigenvalue weighted by atomic mass is 10.0. The minimum absolute atomic E-state index is 0.666. The Morgan fingerprint density at radius 2 is 1.80 bits per heavy atom. The lowest BCUT2D eigenvalue weighted by Crippen LogP contribution is -2.12. The van der Waals surface area contributed by atoms with Crippen molar-refractivity contribution < 1.29 is 0 Å². The van der Waals surface area contributed by atoms with E-state index in [0.29, 0.717) is 5.92 Å². The summed E-state index contributed by atoms with van der Waals surface area (Å²) in [5.74, 6) is 0.666. The van der Waals surface area contributed by atoms with Crippen molar-refractivity contribution in [3.63, 3.8) is 0 Å². The van der Waals surface area contributed by atoms with Crippen molar-refractivity contribution in [2.75, 3.05) is 6.54 Å². The van der Waals surface area contributed by atoms with Crippen LogP contribution in [0.25, 0.3) is 0 Å². The molecule has 10 heavy (non-hydrogen) atoms. The van der Waals surface area contributed by atoms with Crippen LogP contribution < -0.4 is 5.32 Å². The summed E-state index contributed by atoms with van der Waals surface area (Å²) in [6, 6.07) is 0. The van der Waals surface area contributed by atoms with Gasteiger partial charge in [0.05, 0.1) is 0 Å². The van der Waals surface area contributed by atoms with Gasteiger partial charge in [-0.05, 0) is 26.7 Å². The Balaban J connectivity index is 4.05. The average Bonchev–Trinajstić information content (AvgIpc) is 1.87. The smallest absolute Gasteiger partial charge is 0.0115 e. The number of rotatable bonds is 3. The number of allylic oxidation sites excluding steroid dienone is 2. The second-order valence-corrected chi connectivity index (χ2v) is 2.99. The Hall–Kier alpha value is -0.460. The second kappa shape index (κ2) is 4.37. The lowest BCUT2D eigenvalue weighted by molar-refractivity contribution is 0.722. The largest absolute Gasteiger partial charge is 0.389 e. The first kappa shape index (κ1) is 9.54. The predicted molar refractivity (Wildman–Crippen MR) is 46.9 cm³/mol. The van der Waals surface area contributed by atoms with Crippen LogP contribution in [0.5, 0.6) is 0 Å². The Bertz CT molecular complexity index is 123. The molecule has 0 saturated carbocycles. The van der Waals surface area contributed by atoms with E-state index in [1.807, 2.05) is 0 Å². The molecular formula is C9H19N. The van der Waals surface area contributed by atoms with Crippen molar-refractivity contribution in [3.8, 4) is 0 Å². The summed E-state index contributed by atoms with van der Waals surface area (Å²) in [7, 11) is 0. The zero-order valence-electron chi connectivity index (χ0n) is 7.78. The summed E-state index contributed by atoms with van der Waals surface area (Å²) in [6.07, 6.45) is 0. The second-order valence-electron chi connectivity index (χ2n) is 2.99. The van der Waals surface area contributed by atoms with Gasteiger partial charge in [-0.15, -0.1) is 0 Å². The van der Waals surface area contributed by atoms with Gasteiger partial charge < -0.3 is 5.32 Å². The van der Waals surface area contributed by atoms with Crippen LogP contribution in [-0.2, 0) is 0 Å². The molecule has 0 atom stereocenters. The van der Waals surface area contributed by atoms with Gasteiger partial charge in [-0.1, -0.05) is 19.4 Å². The van der Waals surface area contributed by atoms with E-state index in [9.17, 15) is 0 Å². The van der Waals surface area contributed by atoms with Crippen molar-refractivity contribution in [1.82, 2.24) is 5.32 Å². The molecule has 0 radical (unpaired) electrons. The molecule has 0 fully saturated rings. The molecular weight excluding hydrogens is 122 g/mol. The molecule has 0 spiro atoms. The van der Waals surface area contributed by atoms with Crippen LogP contribution >= 0.6 is 0 Å². The summed E-state index contributed by atoms with van der Waals surface area (Å²) >= 11 is 0. The molecule has 0 rings (SSSR count). The van der Waals surface area contributed by atoms with Crippen LogP contribution in [0.1, 0.15) is 34.6 Å². The number of hydrogen-bond acceptors (Lipinski definition) is 1. The van der Waals surface area contributed by atoms with Crippen molar-refractivity contribution in [3.05, 3.63) is 11.3 Å². The molecule has 1 N–H and O–H groups in total. The molecule has 1 nitrogen and oxygen atoms in total. The minimum Gasteiger partial charge on any atom is -0.389 e. The molecule has 0 aliphatic heterocycles. The van der Waals surface area contributed by atoms with Crippen molar-refractivity contribution >= 4 is 0 Å². The quantitative estimate of drug-likeness (QED) is 0.637. The fourth-order valence-corrected chi connectivity index (χ4v) is 0.838. The van der Waals surface area contributed by atoms with Crippen molar-refractivity contribution in [2.24, 2.45) is 5.92 Å². The van der Waals surface area contributed by atoms with E-state index < -0.39 is 0 Å². The Kier molecular flexibility index (Phi) is 4.17. The summed E-state index contributed by atoms with van der Waals surface area (Å²) in [6.45, 7) is 11.9. The number of hydrogen-bond donors (Lipinski definition) is 1. The van der Waals surface area contributed by atoms with Crippen LogP contribution in [0, 0.1) is 5.92 Å². The SMILES string of the molecule is CCN/C(C)=C(\C)C(C)C. The lowest BCUT2D eigenvalue weighted by Gasteiger charge is -2.11. The fourth-order valence-electron chi connectivity index (χ4n) is 0.838. The maximum absolute atomic E-state index is 3.31. The molecule has 60 valence electrons. The van der Waals surface area contributed by atoms with Gasteiger partial charge in [0.25, 0.3) is 0 Å². The molecule has 0 bridgehead atoms. The average molecular weight is 141 g/mol. The normalized spacial score (nSPS) is 13.4. The third-order valence-electron chi connectivity index (χ3n) is 1.90. The number of nitrogens with one attached hydrogen (secondary N) is 1. The van der Waals surface area contributed by atoms with Gasteiger partial charge in [0.1, 0.15) is 0 Å². The Morgan fingerprint density at radius 1 is 1.30 bits per heavy atom. The highest BCUT2D eigenvalue weighted by atomic mass is 14.9. The van der Waals surface area contributed by atoms with E-state index >= 15 is 0 Å². The van der Waals surface area contributed by atoms with Crippen LogP contribution in [0.2, 0.25) is 0 Å². The van der Waals surface area contributed by atoms with Crippen LogP contribution in [0.15, 0.2) is 11.3 Å². The van der Waals surface area contributed by atoms with Gasteiger partial charge in [0.15, 0.2) is 0 Å². The molecule has 1 heteroatoms. The molecule has 0 aromatic carbocycles. The predicted octanol–water partition coefficient (Wildman–Crippen LogP) is 2.55. The van der Waals surface area contributed by atoms with E-state index in [0.717, 1.165) is 6.54 Å². The topological polar surface area (TPSA) is 12.0 Å². The fraction of sp³-hybridized carbons (Fsp3) is 0.778. The molecule has 0 aromatic rings. The monoisotopic (exact) mass is 141 g/mol. The Morgan fingerprint density at radius 3 is 2.10 bits per heavy atom. The maximum Gasteiger partial charge on any atom is 0.0115 e. The van der Waals surface area contributed by atoms with E-state index in [1.165, 1.54) is 11.3 Å². The van der Waals surface area contributed by atoms with Crippen molar-refractivity contribution in [1.29, 1.82) is 0 Å². The Labute approximate surface area is 64.5 Å². The van der Waals surface area contributed by atoms with Gasteiger partial charge >= 0.3 is 0 Å². The highest BCUT2D eigenvalue weighted by Crippen LogP contribution is 2.10. The van der Waals surface area contributed by atoms with Gasteiger partial charge in [0.2, 0.25) is 0 Å². The van der Waals surface area contributed by atoms with E-state index in [2.05, 4.69) is 39.9 Å². The highest BCUT2D eigenvalue weighted by Gasteiger charge is 1.99. The molecule has 0 aromatic heterocycles. The van der Waals surface area contributed by atoms with E-state index in [-0.39, 0.29) is 0 Å². The van der Waals surface area contributed by atoms with Crippen molar-refractivity contribution in [2.45, 2.75) is 34.6 Å². The van der Waals surface area contributed by atoms with Crippen LogP contribution in [-0.4, -0.2) is 6.54 Å². The highest BCUT2D eigenvalue weighted by molar-refractivity contribution is 5.09. The summed E-state index contributed by atoms with van der Waals surface area (Å²) in [4.78, 5) is 0. The van der Waals surface area contributed by atoms with Crippen LogP contribution in [0.4, 0.5) is 0 Å². The molecule has 0 aliphatic rings. The molecule has 0 amide bonds. The van der Waals surface area contributed by atoms with Gasteiger partial charge in [-0.3, -0.25) is 0 Å². The van der Waals surface area contributed by atoms with Gasteiger partial charge in [-0.2, -0.15) is 0 Å². The van der Waals surface area contributed by atoms with Crippen LogP contribution in [0.3, 0.4) is 0 Å². The first-order valence-corrected chi connectivity index (χ1v) is 4.00. The first-order valence-electron chi connectivity index (χ1n) is 4.00. The molecule has 0 saturated heterocycles. The maximum atomic E-state index is 3.31. The molecule has 0 unspecified atom stereocenters. The third-order valence-corrected chi connectivity index (χ3v) is 1.90. The zero-order valence-corrected chi connectivity index (χ0v) is 7.78. The minimum atomic E-state index is 0.666. The summed E-state index contributed by atoms with van der Waals surface area (Å²) in [5, 5.41) is 3.31. The standard InChI is InChI=1S/C9H19N/c1-6-10-9(5)8(4)7(2)3/h7,10H,6H2,1-5H3/b9-8+. The molecule has 0 heterocycles. The first-order chi connectivity index (χ1) is 4.59.